The van der Waals surface area contributed by atoms with Crippen LogP contribution in [0.5, 0.6) is 0 Å². The van der Waals surface area contributed by atoms with Crippen molar-refractivity contribution in [2.45, 2.75) is 31.9 Å². The van der Waals surface area contributed by atoms with Crippen LogP contribution in [-0.2, 0) is 17.2 Å². The van der Waals surface area contributed by atoms with E-state index in [0.717, 1.165) is 16.9 Å². The van der Waals surface area contributed by atoms with Crippen LogP contribution >= 0.6 is 23.2 Å². The summed E-state index contributed by atoms with van der Waals surface area (Å²) in [5.41, 5.74) is 4.73. The lowest BCUT2D eigenvalue weighted by Gasteiger charge is -2.22. The Bertz CT molecular complexity index is 1600. The highest BCUT2D eigenvalue weighted by Gasteiger charge is 2.33. The van der Waals surface area contributed by atoms with Crippen LogP contribution in [0.15, 0.2) is 66.9 Å². The number of pyridine rings is 1. The van der Waals surface area contributed by atoms with Gasteiger partial charge in [-0.2, -0.15) is 0 Å². The molecule has 4 aromatic rings. The Labute approximate surface area is 245 Å². The van der Waals surface area contributed by atoms with Crippen LogP contribution in [0.3, 0.4) is 0 Å². The number of halogens is 2. The van der Waals surface area contributed by atoms with Crippen LogP contribution < -0.4 is 10.6 Å². The van der Waals surface area contributed by atoms with Gasteiger partial charge >= 0.3 is 0 Å². The summed E-state index contributed by atoms with van der Waals surface area (Å²) < 4.78 is 12.5. The van der Waals surface area contributed by atoms with Crippen LogP contribution in [0.2, 0.25) is 10.0 Å². The van der Waals surface area contributed by atoms with E-state index in [9.17, 15) is 13.8 Å². The molecule has 0 spiro atoms. The third-order valence-electron chi connectivity index (χ3n) is 6.76. The number of ketones is 1. The van der Waals surface area contributed by atoms with Gasteiger partial charge in [0.2, 0.25) is 0 Å². The Morgan fingerprint density at radius 1 is 1.07 bits per heavy atom. The molecule has 2 aromatic heterocycles. The van der Waals surface area contributed by atoms with E-state index in [1.807, 2.05) is 50.2 Å². The molecule has 3 N–H and O–H groups in total. The van der Waals surface area contributed by atoms with Gasteiger partial charge in [-0.05, 0) is 54.8 Å². The number of benzene rings is 2. The molecule has 1 amide bonds. The monoisotopic (exact) mass is 594 g/mol. The number of H-pyrrole nitrogens is 1. The van der Waals surface area contributed by atoms with Gasteiger partial charge in [-0.15, -0.1) is 0 Å². The zero-order valence-corrected chi connectivity index (χ0v) is 24.3. The molecule has 0 saturated heterocycles. The number of anilines is 3. The number of hydrogen-bond acceptors (Lipinski definition) is 5. The van der Waals surface area contributed by atoms with Crippen molar-refractivity contribution in [3.8, 4) is 11.3 Å². The lowest BCUT2D eigenvalue weighted by molar-refractivity contribution is 0.0954. The van der Waals surface area contributed by atoms with E-state index in [0.29, 0.717) is 51.9 Å². The molecule has 2 unspecified atom stereocenters. The lowest BCUT2D eigenvalue weighted by Crippen LogP contribution is -2.26. The van der Waals surface area contributed by atoms with Gasteiger partial charge in [-0.25, -0.2) is 4.98 Å². The van der Waals surface area contributed by atoms with Crippen molar-refractivity contribution < 1.29 is 13.8 Å². The number of hydrogen-bond donors (Lipinski definition) is 3. The van der Waals surface area contributed by atoms with Gasteiger partial charge in [0.05, 0.1) is 27.0 Å². The minimum absolute atomic E-state index is 0.00204. The molecule has 5 rings (SSSR count). The number of rotatable bonds is 8. The largest absolute Gasteiger partial charge is 0.356 e. The second-order valence-corrected chi connectivity index (χ2v) is 12.9. The quantitative estimate of drug-likeness (QED) is 0.199. The van der Waals surface area contributed by atoms with Gasteiger partial charge in [0.1, 0.15) is 5.82 Å². The summed E-state index contributed by atoms with van der Waals surface area (Å²) in [7, 11) is -1.00. The van der Waals surface area contributed by atoms with E-state index in [2.05, 4.69) is 20.6 Å². The summed E-state index contributed by atoms with van der Waals surface area (Å²) in [6.07, 6.45) is 2.56. The predicted molar refractivity (Wildman–Crippen MR) is 162 cm³/mol. The first-order chi connectivity index (χ1) is 19.2. The molecule has 40 heavy (non-hydrogen) atoms. The van der Waals surface area contributed by atoms with E-state index in [1.165, 1.54) is 6.07 Å². The fourth-order valence-electron chi connectivity index (χ4n) is 4.77. The molecule has 10 heteroatoms. The average Bonchev–Trinajstić information content (AvgIpc) is 3.29. The molecule has 0 saturated carbocycles. The number of amides is 1. The first-order valence-corrected chi connectivity index (χ1v) is 15.0. The maximum Gasteiger partial charge on any atom is 0.256 e. The number of aromatic amines is 1. The standard InChI is InChI=1S/C30H28Cl2N4O3S/c1-17(2)40(39)16-18-12-24-27(25(37)13-18)29(34-21-6-4-3-5-7-21)28(35-24)19-10-11-33-26(15-19)36-30(38)20-8-9-22(31)23(32)14-20/h3-11,14-15,17-18,34-35H,12-13,16H2,1-2H3,(H,33,36,38). The summed E-state index contributed by atoms with van der Waals surface area (Å²) in [5.74, 6) is 0.447. The molecular formula is C30H28Cl2N4O3S. The SMILES string of the molecule is CC(C)S(=O)CC1CC(=O)c2c([nH]c(-c3ccnc(NC(=O)c4ccc(Cl)c(Cl)c4)c3)c2Nc2ccccc2)C1. The van der Waals surface area contributed by atoms with Crippen molar-refractivity contribution in [1.82, 2.24) is 9.97 Å². The minimum atomic E-state index is -1.00. The number of Topliss-reactive ketones (excluding diaryl/α,β-unsaturated/α-hetero) is 1. The second kappa shape index (κ2) is 12.0. The van der Waals surface area contributed by atoms with E-state index in [4.69, 9.17) is 23.2 Å². The van der Waals surface area contributed by atoms with Crippen molar-refractivity contribution in [3.63, 3.8) is 0 Å². The second-order valence-electron chi connectivity index (χ2n) is 10.0. The van der Waals surface area contributed by atoms with Gasteiger partial charge in [0, 0.05) is 56.9 Å². The van der Waals surface area contributed by atoms with Crippen LogP contribution in [0.25, 0.3) is 11.3 Å². The third kappa shape index (κ3) is 6.14. The van der Waals surface area contributed by atoms with Crippen LogP contribution in [0.1, 0.15) is 46.7 Å². The molecular weight excluding hydrogens is 567 g/mol. The highest BCUT2D eigenvalue weighted by Crippen LogP contribution is 2.40. The molecule has 0 bridgehead atoms. The van der Waals surface area contributed by atoms with Gasteiger partial charge in [-0.1, -0.05) is 55.2 Å². The van der Waals surface area contributed by atoms with E-state index < -0.39 is 10.8 Å². The fourth-order valence-corrected chi connectivity index (χ4v) is 6.15. The summed E-state index contributed by atoms with van der Waals surface area (Å²) in [6.45, 7) is 3.87. The van der Waals surface area contributed by atoms with Crippen molar-refractivity contribution in [2.24, 2.45) is 5.92 Å². The molecule has 1 aliphatic rings. The molecule has 2 aromatic carbocycles. The highest BCUT2D eigenvalue weighted by atomic mass is 35.5. The molecule has 7 nitrogen and oxygen atoms in total. The first-order valence-electron chi connectivity index (χ1n) is 12.9. The van der Waals surface area contributed by atoms with Crippen LogP contribution in [-0.4, -0.2) is 36.9 Å². The van der Waals surface area contributed by atoms with Gasteiger partial charge < -0.3 is 15.6 Å². The molecule has 2 atom stereocenters. The zero-order valence-electron chi connectivity index (χ0n) is 22.0. The molecule has 1 aliphatic carbocycles. The molecule has 0 fully saturated rings. The van der Waals surface area contributed by atoms with E-state index in [1.54, 1.807) is 24.4 Å². The number of nitrogens with zero attached hydrogens (tertiary/aromatic N) is 1. The minimum Gasteiger partial charge on any atom is -0.356 e. The van der Waals surface area contributed by atoms with Crippen molar-refractivity contribution >= 4 is 62.9 Å². The highest BCUT2D eigenvalue weighted by molar-refractivity contribution is 7.85. The van der Waals surface area contributed by atoms with Crippen molar-refractivity contribution in [1.29, 1.82) is 0 Å². The fraction of sp³-hybridized carbons (Fsp3) is 0.233. The number of carbonyl (C=O) groups is 2. The summed E-state index contributed by atoms with van der Waals surface area (Å²) in [5, 5.41) is 6.93. The number of aromatic nitrogens is 2. The third-order valence-corrected chi connectivity index (χ3v) is 9.35. The Balaban J connectivity index is 1.50. The average molecular weight is 596 g/mol. The Hall–Kier alpha value is -3.46. The Morgan fingerprint density at radius 2 is 1.85 bits per heavy atom. The van der Waals surface area contributed by atoms with Gasteiger partial charge in [0.25, 0.3) is 5.91 Å². The molecule has 0 radical (unpaired) electrons. The molecule has 2 heterocycles. The number of para-hydroxylation sites is 1. The Morgan fingerprint density at radius 3 is 2.58 bits per heavy atom. The molecule has 0 aliphatic heterocycles. The van der Waals surface area contributed by atoms with E-state index >= 15 is 0 Å². The van der Waals surface area contributed by atoms with Crippen LogP contribution in [0.4, 0.5) is 17.2 Å². The maximum atomic E-state index is 13.5. The van der Waals surface area contributed by atoms with Crippen molar-refractivity contribution in [2.75, 3.05) is 16.4 Å². The van der Waals surface area contributed by atoms with Gasteiger partial charge in [0.15, 0.2) is 5.78 Å². The Kier molecular flexibility index (Phi) is 8.40. The number of fused-ring (bicyclic) bond motifs is 1. The summed E-state index contributed by atoms with van der Waals surface area (Å²) in [6, 6.07) is 17.8. The lowest BCUT2D eigenvalue weighted by atomic mass is 9.87. The normalized spacial score (nSPS) is 15.5. The van der Waals surface area contributed by atoms with Crippen molar-refractivity contribution in [3.05, 3.63) is 93.7 Å². The topological polar surface area (TPSA) is 104 Å². The predicted octanol–water partition coefficient (Wildman–Crippen LogP) is 7.28. The summed E-state index contributed by atoms with van der Waals surface area (Å²) >= 11 is 12.1. The first kappa shape index (κ1) is 28.1. The summed E-state index contributed by atoms with van der Waals surface area (Å²) in [4.78, 5) is 34.1. The molecule has 206 valence electrons. The number of nitrogens with one attached hydrogen (secondary N) is 3. The van der Waals surface area contributed by atoms with E-state index in [-0.39, 0.29) is 27.9 Å². The smallest absolute Gasteiger partial charge is 0.256 e. The zero-order chi connectivity index (χ0) is 28.4. The van der Waals surface area contributed by atoms with Crippen LogP contribution in [0, 0.1) is 5.92 Å². The maximum absolute atomic E-state index is 13.5. The number of carbonyl (C=O) groups excluding carboxylic acids is 2. The van der Waals surface area contributed by atoms with Gasteiger partial charge in [-0.3, -0.25) is 13.8 Å².